The van der Waals surface area contributed by atoms with Crippen LogP contribution in [-0.4, -0.2) is 24.5 Å². The molecule has 4 aromatic carbocycles. The topological polar surface area (TPSA) is 56.5 Å². The van der Waals surface area contributed by atoms with Crippen LogP contribution in [-0.2, 0) is 0 Å². The van der Waals surface area contributed by atoms with E-state index in [4.69, 9.17) is 9.97 Å². The fraction of sp³-hybridized carbons (Fsp3) is 0. The van der Waals surface area contributed by atoms with E-state index in [1.54, 1.807) is 12.4 Å². The van der Waals surface area contributed by atoms with Crippen molar-refractivity contribution in [2.75, 3.05) is 0 Å². The number of aromatic nitrogens is 5. The highest BCUT2D eigenvalue weighted by Gasteiger charge is 2.17. The van der Waals surface area contributed by atoms with E-state index >= 15 is 0 Å². The number of pyridine rings is 4. The summed E-state index contributed by atoms with van der Waals surface area (Å²) < 4.78 is 2.41. The Morgan fingerprint density at radius 2 is 0.936 bits per heavy atom. The predicted octanol–water partition coefficient (Wildman–Crippen LogP) is 10.2. The summed E-state index contributed by atoms with van der Waals surface area (Å²) in [6, 6.07) is 44.9. The number of hydrogen-bond acceptors (Lipinski definition) is 4. The zero-order valence-corrected chi connectivity index (χ0v) is 25.3. The molecule has 47 heavy (non-hydrogen) atoms. The lowest BCUT2D eigenvalue weighted by Crippen LogP contribution is -1.96. The molecule has 0 aliphatic rings. The van der Waals surface area contributed by atoms with Crippen LogP contribution in [0.3, 0.4) is 0 Å². The van der Waals surface area contributed by atoms with Gasteiger partial charge in [-0.2, -0.15) is 0 Å². The summed E-state index contributed by atoms with van der Waals surface area (Å²) >= 11 is 0. The zero-order chi connectivity index (χ0) is 31.2. The molecule has 0 bridgehead atoms. The third kappa shape index (κ3) is 4.73. The van der Waals surface area contributed by atoms with E-state index in [2.05, 4.69) is 118 Å². The Hall–Kier alpha value is -6.46. The summed E-state index contributed by atoms with van der Waals surface area (Å²) in [7, 11) is 0. The maximum absolute atomic E-state index is 4.78. The fourth-order valence-corrected chi connectivity index (χ4v) is 6.54. The van der Waals surface area contributed by atoms with Crippen LogP contribution >= 0.6 is 0 Å². The van der Waals surface area contributed by atoms with Crippen LogP contribution in [0.25, 0.3) is 83.0 Å². The van der Waals surface area contributed by atoms with Crippen molar-refractivity contribution in [3.05, 3.63) is 165 Å². The molecule has 0 spiro atoms. The minimum atomic E-state index is 0.906. The number of fused-ring (bicyclic) bond motifs is 4. The molecule has 5 nitrogen and oxygen atoms in total. The Labute approximate surface area is 271 Å². The van der Waals surface area contributed by atoms with Crippen molar-refractivity contribution < 1.29 is 0 Å². The van der Waals surface area contributed by atoms with Gasteiger partial charge in [-0.05, 0) is 71.1 Å². The Balaban J connectivity index is 1.22. The smallest absolute Gasteiger partial charge is 0.0717 e. The molecule has 5 aromatic heterocycles. The highest BCUT2D eigenvalue weighted by Crippen LogP contribution is 2.38. The lowest BCUT2D eigenvalue weighted by atomic mass is 10.0. The van der Waals surface area contributed by atoms with E-state index in [-0.39, 0.29) is 0 Å². The first-order valence-electron chi connectivity index (χ1n) is 15.6. The van der Waals surface area contributed by atoms with Gasteiger partial charge in [0.15, 0.2) is 0 Å². The first kappa shape index (κ1) is 26.9. The maximum atomic E-state index is 4.78. The van der Waals surface area contributed by atoms with Gasteiger partial charge in [0.2, 0.25) is 0 Å². The molecule has 0 saturated heterocycles. The van der Waals surface area contributed by atoms with Crippen molar-refractivity contribution in [2.24, 2.45) is 0 Å². The van der Waals surface area contributed by atoms with Crippen LogP contribution in [0.1, 0.15) is 0 Å². The van der Waals surface area contributed by atoms with Crippen LogP contribution < -0.4 is 0 Å². The lowest BCUT2D eigenvalue weighted by Gasteiger charge is -2.13. The van der Waals surface area contributed by atoms with Crippen LogP contribution in [0.2, 0.25) is 0 Å². The van der Waals surface area contributed by atoms with E-state index in [0.717, 1.165) is 61.5 Å². The van der Waals surface area contributed by atoms with E-state index < -0.39 is 0 Å². The molecule has 9 rings (SSSR count). The zero-order valence-electron chi connectivity index (χ0n) is 25.3. The van der Waals surface area contributed by atoms with Gasteiger partial charge >= 0.3 is 0 Å². The molecule has 5 heteroatoms. The normalized spacial score (nSPS) is 11.4. The van der Waals surface area contributed by atoms with Gasteiger partial charge in [0.25, 0.3) is 0 Å². The third-order valence-corrected chi connectivity index (χ3v) is 8.88. The van der Waals surface area contributed by atoms with Crippen molar-refractivity contribution >= 4 is 32.6 Å². The molecular weight excluding hydrogens is 574 g/mol. The van der Waals surface area contributed by atoms with Crippen LogP contribution in [0.15, 0.2) is 165 Å². The van der Waals surface area contributed by atoms with Crippen LogP contribution in [0, 0.1) is 0 Å². The molecule has 0 aliphatic carbocycles. The highest BCUT2D eigenvalue weighted by atomic mass is 15.0. The van der Waals surface area contributed by atoms with Gasteiger partial charge in [-0.15, -0.1) is 0 Å². The largest absolute Gasteiger partial charge is 0.309 e. The number of benzene rings is 4. The standard InChI is InChI=1S/C42H27N5/c1-2-10-35-28(6-1)7-3-11-40(35)47-41-22-29(31-14-18-38(45-26-31)33-8-4-20-43-24-33)12-16-36(41)37-17-13-30(23-42(37)47)32-15-19-39(46-27-32)34-9-5-21-44-25-34/h1-27H. The second kappa shape index (κ2) is 11.2. The Morgan fingerprint density at radius 3 is 1.47 bits per heavy atom. The third-order valence-electron chi connectivity index (χ3n) is 8.88. The molecule has 5 heterocycles. The SMILES string of the molecule is c1cncc(-c2ccc(-c3ccc4c5ccc(-c6ccc(-c7cccnc7)nc6)cc5n(-c5cccc6ccccc56)c4c3)cn2)c1. The molecule has 220 valence electrons. The molecule has 0 amide bonds. The molecule has 0 radical (unpaired) electrons. The van der Waals surface area contributed by atoms with Crippen molar-refractivity contribution in [3.8, 4) is 50.5 Å². The predicted molar refractivity (Wildman–Crippen MR) is 191 cm³/mol. The summed E-state index contributed by atoms with van der Waals surface area (Å²) in [5.74, 6) is 0. The highest BCUT2D eigenvalue weighted by molar-refractivity contribution is 6.12. The van der Waals surface area contributed by atoms with E-state index in [1.165, 1.54) is 21.5 Å². The molecule has 9 aromatic rings. The maximum Gasteiger partial charge on any atom is 0.0717 e. The minimum absolute atomic E-state index is 0.906. The molecule has 0 fully saturated rings. The lowest BCUT2D eigenvalue weighted by molar-refractivity contribution is 1.20. The first-order valence-corrected chi connectivity index (χ1v) is 15.6. The number of nitrogens with zero attached hydrogens (tertiary/aromatic N) is 5. The van der Waals surface area contributed by atoms with Gasteiger partial charge in [0, 0.05) is 75.6 Å². The van der Waals surface area contributed by atoms with Gasteiger partial charge in [0.1, 0.15) is 0 Å². The fourth-order valence-electron chi connectivity index (χ4n) is 6.54. The Bertz CT molecular complexity index is 2390. The summed E-state index contributed by atoms with van der Waals surface area (Å²) in [5.41, 5.74) is 11.6. The minimum Gasteiger partial charge on any atom is -0.309 e. The van der Waals surface area contributed by atoms with E-state index in [9.17, 15) is 0 Å². The van der Waals surface area contributed by atoms with E-state index in [0.29, 0.717) is 0 Å². The Morgan fingerprint density at radius 1 is 0.383 bits per heavy atom. The molecule has 0 unspecified atom stereocenters. The van der Waals surface area contributed by atoms with Gasteiger partial charge in [0.05, 0.1) is 28.1 Å². The van der Waals surface area contributed by atoms with Crippen molar-refractivity contribution in [2.45, 2.75) is 0 Å². The molecule has 0 saturated carbocycles. The summed E-state index contributed by atoms with van der Waals surface area (Å²) in [6.45, 7) is 0. The van der Waals surface area contributed by atoms with Gasteiger partial charge in [-0.3, -0.25) is 19.9 Å². The average Bonchev–Trinajstić information content (AvgIpc) is 3.48. The average molecular weight is 602 g/mol. The monoisotopic (exact) mass is 601 g/mol. The second-order valence-corrected chi connectivity index (χ2v) is 11.6. The summed E-state index contributed by atoms with van der Waals surface area (Å²) in [4.78, 5) is 18.1. The molecular formula is C42H27N5. The Kier molecular flexibility index (Phi) is 6.39. The second-order valence-electron chi connectivity index (χ2n) is 11.6. The molecule has 0 N–H and O–H groups in total. The van der Waals surface area contributed by atoms with Gasteiger partial charge in [-0.1, -0.05) is 72.8 Å². The van der Waals surface area contributed by atoms with E-state index in [1.807, 2.05) is 49.1 Å². The number of rotatable bonds is 5. The number of hydrogen-bond donors (Lipinski definition) is 0. The van der Waals surface area contributed by atoms with Crippen molar-refractivity contribution in [1.82, 2.24) is 24.5 Å². The van der Waals surface area contributed by atoms with Crippen LogP contribution in [0.4, 0.5) is 0 Å². The molecule has 0 aliphatic heterocycles. The quantitative estimate of drug-likeness (QED) is 0.197. The van der Waals surface area contributed by atoms with Crippen LogP contribution in [0.5, 0.6) is 0 Å². The van der Waals surface area contributed by atoms with Crippen molar-refractivity contribution in [1.29, 1.82) is 0 Å². The van der Waals surface area contributed by atoms with Gasteiger partial charge < -0.3 is 4.57 Å². The van der Waals surface area contributed by atoms with Gasteiger partial charge in [-0.25, -0.2) is 0 Å². The first-order chi connectivity index (χ1) is 23.3. The summed E-state index contributed by atoms with van der Waals surface area (Å²) in [6.07, 6.45) is 11.2. The molecule has 0 atom stereocenters. The summed E-state index contributed by atoms with van der Waals surface area (Å²) in [5, 5.41) is 4.81. The van der Waals surface area contributed by atoms with Crippen molar-refractivity contribution in [3.63, 3.8) is 0 Å².